The van der Waals surface area contributed by atoms with E-state index in [0.29, 0.717) is 16.8 Å². The minimum atomic E-state index is -4.89. The molecule has 1 saturated heterocycles. The largest absolute Gasteiger partial charge is 0.443 e. The molecule has 8 nitrogen and oxygen atoms in total. The lowest BCUT2D eigenvalue weighted by atomic mass is 10.0. The summed E-state index contributed by atoms with van der Waals surface area (Å²) in [5.74, 6) is -0.274. The topological polar surface area (TPSA) is 96.0 Å². The Bertz CT molecular complexity index is 1560. The number of rotatable bonds is 6. The molecule has 43 heavy (non-hydrogen) atoms. The highest BCUT2D eigenvalue weighted by atomic mass is 32.2. The number of sulfonamides is 1. The SMILES string of the molecule is CN(C(=O)OC(C)(C)C)c1ccc(C(=O)N2CCC(NS(=O)(=O)c3ccc(-c4ccccc4)cc3C(F)(F)F)CC2)cc1. The van der Waals surface area contributed by atoms with Crippen molar-refractivity contribution in [3.05, 3.63) is 83.9 Å². The van der Waals surface area contributed by atoms with Crippen LogP contribution in [0.1, 0.15) is 49.5 Å². The first-order valence-electron chi connectivity index (χ1n) is 13.7. The summed E-state index contributed by atoms with van der Waals surface area (Å²) in [5.41, 5.74) is -0.193. The molecule has 0 bridgehead atoms. The Hall–Kier alpha value is -3.90. The van der Waals surface area contributed by atoms with Gasteiger partial charge in [0.1, 0.15) is 5.60 Å². The Morgan fingerprint density at radius 1 is 0.907 bits per heavy atom. The quantitative estimate of drug-likeness (QED) is 0.349. The number of nitrogens with one attached hydrogen (secondary N) is 1. The highest BCUT2D eigenvalue weighted by molar-refractivity contribution is 7.89. The minimum Gasteiger partial charge on any atom is -0.443 e. The summed E-state index contributed by atoms with van der Waals surface area (Å²) >= 11 is 0. The van der Waals surface area contributed by atoms with Crippen molar-refractivity contribution in [3.8, 4) is 11.1 Å². The zero-order valence-electron chi connectivity index (χ0n) is 24.3. The lowest BCUT2D eigenvalue weighted by Crippen LogP contribution is -2.46. The summed E-state index contributed by atoms with van der Waals surface area (Å²) in [6.07, 6.45) is -4.96. The number of hydrogen-bond donors (Lipinski definition) is 1. The van der Waals surface area contributed by atoms with E-state index in [0.717, 1.165) is 12.1 Å². The molecule has 2 amide bonds. The van der Waals surface area contributed by atoms with Gasteiger partial charge in [-0.25, -0.2) is 17.9 Å². The summed E-state index contributed by atoms with van der Waals surface area (Å²) in [5, 5.41) is 0. The van der Waals surface area contributed by atoms with Crippen LogP contribution in [0.5, 0.6) is 0 Å². The molecule has 3 aromatic rings. The van der Waals surface area contributed by atoms with Crippen LogP contribution in [0.15, 0.2) is 77.7 Å². The van der Waals surface area contributed by atoms with E-state index in [1.54, 1.807) is 87.3 Å². The average Bonchev–Trinajstić information content (AvgIpc) is 2.95. The van der Waals surface area contributed by atoms with Gasteiger partial charge >= 0.3 is 12.3 Å². The van der Waals surface area contributed by atoms with Gasteiger partial charge in [0.15, 0.2) is 0 Å². The van der Waals surface area contributed by atoms with Crippen molar-refractivity contribution >= 4 is 27.7 Å². The summed E-state index contributed by atoms with van der Waals surface area (Å²) in [6, 6.07) is 17.4. The van der Waals surface area contributed by atoms with E-state index >= 15 is 0 Å². The molecule has 4 rings (SSSR count). The van der Waals surface area contributed by atoms with Crippen molar-refractivity contribution in [1.82, 2.24) is 9.62 Å². The van der Waals surface area contributed by atoms with Crippen molar-refractivity contribution in [2.75, 3.05) is 25.0 Å². The number of amides is 2. The number of carbonyl (C=O) groups excluding carboxylic acids is 2. The lowest BCUT2D eigenvalue weighted by Gasteiger charge is -2.32. The van der Waals surface area contributed by atoms with Crippen molar-refractivity contribution in [2.24, 2.45) is 0 Å². The molecule has 1 N–H and O–H groups in total. The third-order valence-electron chi connectivity index (χ3n) is 6.95. The first-order chi connectivity index (χ1) is 20.0. The van der Waals surface area contributed by atoms with Gasteiger partial charge in [-0.2, -0.15) is 13.2 Å². The van der Waals surface area contributed by atoms with Gasteiger partial charge in [-0.15, -0.1) is 0 Å². The van der Waals surface area contributed by atoms with E-state index in [1.807, 2.05) is 0 Å². The number of alkyl halides is 3. The van der Waals surface area contributed by atoms with Gasteiger partial charge in [-0.3, -0.25) is 9.69 Å². The highest BCUT2D eigenvalue weighted by Crippen LogP contribution is 2.37. The van der Waals surface area contributed by atoms with Gasteiger partial charge < -0.3 is 9.64 Å². The molecule has 0 aliphatic carbocycles. The Labute approximate surface area is 249 Å². The fourth-order valence-corrected chi connectivity index (χ4v) is 6.24. The van der Waals surface area contributed by atoms with Gasteiger partial charge in [0.2, 0.25) is 10.0 Å². The van der Waals surface area contributed by atoms with E-state index in [4.69, 9.17) is 4.74 Å². The predicted octanol–water partition coefficient (Wildman–Crippen LogP) is 6.33. The maximum absolute atomic E-state index is 14.0. The van der Waals surface area contributed by atoms with E-state index < -0.39 is 44.4 Å². The van der Waals surface area contributed by atoms with E-state index in [1.165, 1.54) is 11.0 Å². The van der Waals surface area contributed by atoms with E-state index in [2.05, 4.69) is 4.72 Å². The number of halogens is 3. The second kappa shape index (κ2) is 12.4. The molecule has 1 heterocycles. The number of carbonyl (C=O) groups is 2. The number of ether oxygens (including phenoxy) is 1. The number of piperidine rings is 1. The molecule has 0 atom stereocenters. The molecule has 0 aromatic heterocycles. The fraction of sp³-hybridized carbons (Fsp3) is 0.355. The van der Waals surface area contributed by atoms with Crippen LogP contribution in [-0.4, -0.2) is 57.1 Å². The van der Waals surface area contributed by atoms with Gasteiger partial charge in [0.05, 0.1) is 10.5 Å². The van der Waals surface area contributed by atoms with Crippen LogP contribution in [0, 0.1) is 0 Å². The van der Waals surface area contributed by atoms with Crippen LogP contribution in [0.25, 0.3) is 11.1 Å². The van der Waals surface area contributed by atoms with Crippen LogP contribution < -0.4 is 9.62 Å². The first kappa shape index (κ1) is 32.0. The maximum Gasteiger partial charge on any atom is 0.417 e. The monoisotopic (exact) mass is 617 g/mol. The molecule has 0 radical (unpaired) electrons. The van der Waals surface area contributed by atoms with Crippen molar-refractivity contribution in [3.63, 3.8) is 0 Å². The summed E-state index contributed by atoms with van der Waals surface area (Å²) in [7, 11) is -2.95. The summed E-state index contributed by atoms with van der Waals surface area (Å²) < 4.78 is 75.9. The Morgan fingerprint density at radius 3 is 2.07 bits per heavy atom. The highest BCUT2D eigenvalue weighted by Gasteiger charge is 2.38. The number of hydrogen-bond acceptors (Lipinski definition) is 5. The molecule has 0 unspecified atom stereocenters. The van der Waals surface area contributed by atoms with Crippen LogP contribution in [0.2, 0.25) is 0 Å². The zero-order valence-corrected chi connectivity index (χ0v) is 25.1. The second-order valence-electron chi connectivity index (χ2n) is 11.3. The second-order valence-corrected chi connectivity index (χ2v) is 13.0. The Morgan fingerprint density at radius 2 is 1.51 bits per heavy atom. The number of nitrogens with zero attached hydrogens (tertiary/aromatic N) is 2. The summed E-state index contributed by atoms with van der Waals surface area (Å²) in [6.45, 7) is 5.71. The molecule has 1 aliphatic heterocycles. The van der Waals surface area contributed by atoms with Crippen LogP contribution in [-0.2, 0) is 20.9 Å². The lowest BCUT2D eigenvalue weighted by molar-refractivity contribution is -0.139. The predicted molar refractivity (Wildman–Crippen MR) is 157 cm³/mol. The molecule has 1 fully saturated rings. The normalized spacial score (nSPS) is 14.8. The molecular formula is C31H34F3N3O5S. The van der Waals surface area contributed by atoms with E-state index in [9.17, 15) is 31.2 Å². The first-order valence-corrected chi connectivity index (χ1v) is 15.2. The maximum atomic E-state index is 14.0. The van der Waals surface area contributed by atoms with Gasteiger partial charge in [-0.1, -0.05) is 36.4 Å². The van der Waals surface area contributed by atoms with Gasteiger partial charge in [0.25, 0.3) is 5.91 Å². The molecule has 1 aliphatic rings. The van der Waals surface area contributed by atoms with Gasteiger partial charge in [-0.05, 0) is 81.1 Å². The van der Waals surface area contributed by atoms with Crippen LogP contribution >= 0.6 is 0 Å². The third-order valence-corrected chi connectivity index (χ3v) is 8.53. The van der Waals surface area contributed by atoms with Crippen molar-refractivity contribution in [1.29, 1.82) is 0 Å². The number of benzene rings is 3. The Balaban J connectivity index is 1.40. The number of anilines is 1. The smallest absolute Gasteiger partial charge is 0.417 e. The molecule has 12 heteroatoms. The van der Waals surface area contributed by atoms with Crippen LogP contribution in [0.3, 0.4) is 0 Å². The zero-order chi connectivity index (χ0) is 31.6. The molecular weight excluding hydrogens is 583 g/mol. The Kier molecular flexibility index (Phi) is 9.22. The van der Waals surface area contributed by atoms with Crippen molar-refractivity contribution < 1.29 is 35.9 Å². The standard InChI is InChI=1S/C31H34F3N3O5S/c1-30(2,3)42-29(39)36(4)25-13-10-22(11-14-25)28(38)37-18-16-24(17-19-37)35-43(40,41)27-15-12-23(20-26(27)31(32,33)34)21-8-6-5-7-9-21/h5-15,20,24,35H,16-19H2,1-4H3. The molecule has 230 valence electrons. The minimum absolute atomic E-state index is 0.213. The fourth-order valence-electron chi connectivity index (χ4n) is 4.73. The molecule has 0 spiro atoms. The average molecular weight is 618 g/mol. The third kappa shape index (κ3) is 7.94. The molecule has 0 saturated carbocycles. The van der Waals surface area contributed by atoms with E-state index in [-0.39, 0.29) is 37.4 Å². The van der Waals surface area contributed by atoms with Crippen LogP contribution in [0.4, 0.5) is 23.7 Å². The van der Waals surface area contributed by atoms with Gasteiger partial charge in [0, 0.05) is 37.4 Å². The number of likely N-dealkylation sites (tertiary alicyclic amines) is 1. The molecule has 3 aromatic carbocycles. The van der Waals surface area contributed by atoms with Crippen molar-refractivity contribution in [2.45, 2.75) is 56.3 Å². The summed E-state index contributed by atoms with van der Waals surface area (Å²) in [4.78, 5) is 27.4.